The summed E-state index contributed by atoms with van der Waals surface area (Å²) in [6.45, 7) is 9.89. The third kappa shape index (κ3) is 2.02. The molecule has 0 aromatic heterocycles. The van der Waals surface area contributed by atoms with Gasteiger partial charge in [0.05, 0.1) is 6.54 Å². The lowest BCUT2D eigenvalue weighted by Gasteiger charge is -2.45. The summed E-state index contributed by atoms with van der Waals surface area (Å²) in [6.07, 6.45) is 1.00. The van der Waals surface area contributed by atoms with Crippen LogP contribution in [0, 0.1) is 0 Å². The molecule has 13 heavy (non-hydrogen) atoms. The van der Waals surface area contributed by atoms with Gasteiger partial charge in [-0.2, -0.15) is 0 Å². The second kappa shape index (κ2) is 3.66. The lowest BCUT2D eigenvalue weighted by molar-refractivity contribution is -0.141. The van der Waals surface area contributed by atoms with Crippen LogP contribution in [0.2, 0.25) is 0 Å². The van der Waals surface area contributed by atoms with Crippen molar-refractivity contribution in [2.75, 3.05) is 13.1 Å². The topological polar surface area (TPSA) is 32.3 Å². The van der Waals surface area contributed by atoms with Gasteiger partial charge in [-0.15, -0.1) is 0 Å². The van der Waals surface area contributed by atoms with Crippen LogP contribution in [0.5, 0.6) is 0 Å². The van der Waals surface area contributed by atoms with E-state index in [2.05, 4.69) is 33.0 Å². The van der Waals surface area contributed by atoms with Crippen molar-refractivity contribution in [1.82, 2.24) is 10.2 Å². The molecule has 1 aliphatic rings. The fraction of sp³-hybridized carbons (Fsp3) is 0.900. The van der Waals surface area contributed by atoms with Gasteiger partial charge in [-0.25, -0.2) is 0 Å². The molecule has 1 rings (SSSR count). The highest BCUT2D eigenvalue weighted by molar-refractivity contribution is 5.80. The molecule has 0 aromatic carbocycles. The van der Waals surface area contributed by atoms with Gasteiger partial charge < -0.3 is 10.2 Å². The first-order chi connectivity index (χ1) is 5.99. The summed E-state index contributed by atoms with van der Waals surface area (Å²) in [6, 6.07) is 0.316. The van der Waals surface area contributed by atoms with Crippen LogP contribution < -0.4 is 5.32 Å². The van der Waals surface area contributed by atoms with Gasteiger partial charge in [0.2, 0.25) is 5.91 Å². The Morgan fingerprint density at radius 3 is 2.69 bits per heavy atom. The van der Waals surface area contributed by atoms with E-state index in [4.69, 9.17) is 0 Å². The molecule has 3 nitrogen and oxygen atoms in total. The zero-order valence-electron chi connectivity index (χ0n) is 9.05. The van der Waals surface area contributed by atoms with E-state index in [1.165, 1.54) is 0 Å². The summed E-state index contributed by atoms with van der Waals surface area (Å²) in [5.41, 5.74) is -0.00139. The largest absolute Gasteiger partial charge is 0.333 e. The third-order valence-corrected chi connectivity index (χ3v) is 2.94. The van der Waals surface area contributed by atoms with Crippen LogP contribution in [0.3, 0.4) is 0 Å². The average Bonchev–Trinajstić information content (AvgIpc) is 2.03. The summed E-state index contributed by atoms with van der Waals surface area (Å²) < 4.78 is 0. The number of piperazine rings is 1. The fourth-order valence-electron chi connectivity index (χ4n) is 1.91. The zero-order chi connectivity index (χ0) is 10.1. The summed E-state index contributed by atoms with van der Waals surface area (Å²) in [4.78, 5) is 13.7. The Kier molecular flexibility index (Phi) is 2.96. The second-order valence-electron chi connectivity index (χ2n) is 4.41. The maximum absolute atomic E-state index is 11.7. The molecule has 0 bridgehead atoms. The van der Waals surface area contributed by atoms with Crippen LogP contribution in [0.25, 0.3) is 0 Å². The van der Waals surface area contributed by atoms with Crippen molar-refractivity contribution in [3.63, 3.8) is 0 Å². The van der Waals surface area contributed by atoms with E-state index in [0.29, 0.717) is 12.6 Å². The monoisotopic (exact) mass is 184 g/mol. The lowest BCUT2D eigenvalue weighted by atomic mass is 9.96. The van der Waals surface area contributed by atoms with Crippen molar-refractivity contribution in [1.29, 1.82) is 0 Å². The highest BCUT2D eigenvalue weighted by Crippen LogP contribution is 2.22. The van der Waals surface area contributed by atoms with Crippen LogP contribution in [0.15, 0.2) is 0 Å². The normalized spacial score (nSPS) is 25.1. The van der Waals surface area contributed by atoms with E-state index >= 15 is 0 Å². The molecule has 1 N–H and O–H groups in total. The van der Waals surface area contributed by atoms with E-state index in [9.17, 15) is 4.79 Å². The summed E-state index contributed by atoms with van der Waals surface area (Å²) in [5, 5.41) is 3.12. The SMILES string of the molecule is CCC(C)(C)N1C(=O)CNCC1C. The molecule has 1 atom stereocenters. The van der Waals surface area contributed by atoms with E-state index in [-0.39, 0.29) is 11.4 Å². The maximum Gasteiger partial charge on any atom is 0.237 e. The summed E-state index contributed by atoms with van der Waals surface area (Å²) in [5.74, 6) is 0.227. The molecule has 1 aliphatic heterocycles. The average molecular weight is 184 g/mol. The molecule has 3 heteroatoms. The Morgan fingerprint density at radius 2 is 2.23 bits per heavy atom. The number of hydrogen-bond donors (Lipinski definition) is 1. The molecule has 76 valence electrons. The molecule has 1 saturated heterocycles. The Morgan fingerprint density at radius 1 is 1.62 bits per heavy atom. The smallest absolute Gasteiger partial charge is 0.237 e. The second-order valence-corrected chi connectivity index (χ2v) is 4.41. The van der Waals surface area contributed by atoms with Crippen molar-refractivity contribution in [3.8, 4) is 0 Å². The molecular formula is C10H20N2O. The van der Waals surface area contributed by atoms with Gasteiger partial charge in [0.25, 0.3) is 0 Å². The van der Waals surface area contributed by atoms with Crippen LogP contribution in [-0.4, -0.2) is 35.5 Å². The number of amides is 1. The Hall–Kier alpha value is -0.570. The first-order valence-electron chi connectivity index (χ1n) is 5.02. The first kappa shape index (κ1) is 10.5. The van der Waals surface area contributed by atoms with Gasteiger partial charge in [-0.05, 0) is 27.2 Å². The lowest BCUT2D eigenvalue weighted by Crippen LogP contribution is -2.61. The zero-order valence-corrected chi connectivity index (χ0v) is 9.05. The predicted molar refractivity (Wildman–Crippen MR) is 53.5 cm³/mol. The Labute approximate surface area is 80.5 Å². The minimum Gasteiger partial charge on any atom is -0.333 e. The number of rotatable bonds is 2. The van der Waals surface area contributed by atoms with Gasteiger partial charge in [0.1, 0.15) is 0 Å². The fourth-order valence-corrected chi connectivity index (χ4v) is 1.91. The van der Waals surface area contributed by atoms with E-state index in [1.54, 1.807) is 0 Å². The van der Waals surface area contributed by atoms with Gasteiger partial charge in [0, 0.05) is 18.1 Å². The standard InChI is InChI=1S/C10H20N2O/c1-5-10(3,4)12-8(2)6-11-7-9(12)13/h8,11H,5-7H2,1-4H3. The molecule has 1 fully saturated rings. The first-order valence-corrected chi connectivity index (χ1v) is 5.02. The molecule has 1 amide bonds. The van der Waals surface area contributed by atoms with Crippen molar-refractivity contribution >= 4 is 5.91 Å². The van der Waals surface area contributed by atoms with Crippen LogP contribution in [0.4, 0.5) is 0 Å². The molecule has 0 saturated carbocycles. The molecule has 0 aliphatic carbocycles. The van der Waals surface area contributed by atoms with Crippen molar-refractivity contribution < 1.29 is 4.79 Å². The maximum atomic E-state index is 11.7. The highest BCUT2D eigenvalue weighted by atomic mass is 16.2. The van der Waals surface area contributed by atoms with Crippen molar-refractivity contribution in [3.05, 3.63) is 0 Å². The number of nitrogens with zero attached hydrogens (tertiary/aromatic N) is 1. The molecule has 1 heterocycles. The van der Waals surface area contributed by atoms with Crippen LogP contribution >= 0.6 is 0 Å². The minimum absolute atomic E-state index is 0.00139. The highest BCUT2D eigenvalue weighted by Gasteiger charge is 2.34. The van der Waals surface area contributed by atoms with Crippen molar-refractivity contribution in [2.45, 2.75) is 45.7 Å². The summed E-state index contributed by atoms with van der Waals surface area (Å²) in [7, 11) is 0. The number of carbonyl (C=O) groups excluding carboxylic acids is 1. The van der Waals surface area contributed by atoms with Crippen molar-refractivity contribution in [2.24, 2.45) is 0 Å². The van der Waals surface area contributed by atoms with Gasteiger partial charge in [0.15, 0.2) is 0 Å². The molecule has 0 aromatic rings. The van der Waals surface area contributed by atoms with Crippen LogP contribution in [-0.2, 0) is 4.79 Å². The van der Waals surface area contributed by atoms with Gasteiger partial charge >= 0.3 is 0 Å². The molecule has 0 spiro atoms. The number of carbonyl (C=O) groups is 1. The summed E-state index contributed by atoms with van der Waals surface area (Å²) >= 11 is 0. The molecule has 0 radical (unpaired) electrons. The third-order valence-electron chi connectivity index (χ3n) is 2.94. The van der Waals surface area contributed by atoms with E-state index < -0.39 is 0 Å². The van der Waals surface area contributed by atoms with Crippen LogP contribution in [0.1, 0.15) is 34.1 Å². The van der Waals surface area contributed by atoms with Gasteiger partial charge in [-0.1, -0.05) is 6.92 Å². The number of nitrogens with one attached hydrogen (secondary N) is 1. The van der Waals surface area contributed by atoms with E-state index in [1.807, 2.05) is 4.90 Å². The minimum atomic E-state index is -0.00139. The predicted octanol–water partition coefficient (Wildman–Crippen LogP) is 0.995. The molecular weight excluding hydrogens is 164 g/mol. The quantitative estimate of drug-likeness (QED) is 0.694. The van der Waals surface area contributed by atoms with Gasteiger partial charge in [-0.3, -0.25) is 4.79 Å². The van der Waals surface area contributed by atoms with E-state index in [0.717, 1.165) is 13.0 Å². The Balaban J connectivity index is 2.79. The number of hydrogen-bond acceptors (Lipinski definition) is 2. The molecule has 1 unspecified atom stereocenters. The Bertz CT molecular complexity index is 201.